The van der Waals surface area contributed by atoms with Gasteiger partial charge in [0.25, 0.3) is 5.09 Å². The zero-order valence-corrected chi connectivity index (χ0v) is 10.4. The van der Waals surface area contributed by atoms with Crippen LogP contribution in [0, 0.1) is 10.1 Å². The molecule has 0 unspecified atom stereocenters. The molecule has 0 saturated heterocycles. The number of rotatable bonds is 1. The molecule has 0 aliphatic heterocycles. The Balaban J connectivity index is 0.000000317. The highest BCUT2D eigenvalue weighted by atomic mass is 79.9. The average molecular weight is 299 g/mol. The lowest BCUT2D eigenvalue weighted by Gasteiger charge is -2.04. The van der Waals surface area contributed by atoms with Crippen LogP contribution in [0.5, 0.6) is 0 Å². The first-order valence-corrected chi connectivity index (χ1v) is 5.55. The van der Waals surface area contributed by atoms with Crippen LogP contribution < -0.4 is 5.73 Å². The van der Waals surface area contributed by atoms with Crippen molar-refractivity contribution in [2.45, 2.75) is 6.54 Å². The van der Waals surface area contributed by atoms with E-state index >= 15 is 0 Å². The molecule has 0 radical (unpaired) electrons. The molecule has 2 aromatic rings. The van der Waals surface area contributed by atoms with Gasteiger partial charge >= 0.3 is 0 Å². The van der Waals surface area contributed by atoms with E-state index in [0.717, 1.165) is 4.47 Å². The molecule has 0 amide bonds. The normalized spacial score (nSPS) is 9.53. The molecule has 3 N–H and O–H groups in total. The van der Waals surface area contributed by atoms with Crippen LogP contribution in [0.3, 0.4) is 0 Å². The SMILES string of the molecule is NCc1cccc2c(Br)cccc12.O=[N+]([O-])O. The number of nitrogens with two attached hydrogens (primary N) is 1. The van der Waals surface area contributed by atoms with Crippen molar-refractivity contribution in [3.05, 3.63) is 56.5 Å². The molecule has 2 rings (SSSR count). The fourth-order valence-corrected chi connectivity index (χ4v) is 2.01. The summed E-state index contributed by atoms with van der Waals surface area (Å²) in [4.78, 5) is 8.36. The topological polar surface area (TPSA) is 89.4 Å². The molecule has 0 fully saturated rings. The van der Waals surface area contributed by atoms with Crippen molar-refractivity contribution < 1.29 is 10.3 Å². The Kier molecular flexibility index (Phi) is 4.86. The van der Waals surface area contributed by atoms with Crippen molar-refractivity contribution in [2.75, 3.05) is 0 Å². The second kappa shape index (κ2) is 6.17. The van der Waals surface area contributed by atoms with E-state index in [1.807, 2.05) is 18.2 Å². The lowest BCUT2D eigenvalue weighted by molar-refractivity contribution is -0.742. The zero-order chi connectivity index (χ0) is 12.8. The van der Waals surface area contributed by atoms with Gasteiger partial charge in [-0.2, -0.15) is 0 Å². The fraction of sp³-hybridized carbons (Fsp3) is 0.0909. The molecule has 0 aliphatic rings. The van der Waals surface area contributed by atoms with Crippen LogP contribution in [0.4, 0.5) is 0 Å². The number of fused-ring (bicyclic) bond motifs is 1. The van der Waals surface area contributed by atoms with Crippen LogP contribution in [0.25, 0.3) is 10.8 Å². The Hall–Kier alpha value is -1.66. The molecular weight excluding hydrogens is 288 g/mol. The van der Waals surface area contributed by atoms with Gasteiger partial charge in [-0.25, -0.2) is 0 Å². The first-order chi connectivity index (χ1) is 8.06. The maximum Gasteiger partial charge on any atom is 0.291 e. The summed E-state index contributed by atoms with van der Waals surface area (Å²) >= 11 is 3.52. The smallest absolute Gasteiger partial charge is 0.291 e. The summed E-state index contributed by atoms with van der Waals surface area (Å²) in [7, 11) is 0. The molecule has 0 bridgehead atoms. The van der Waals surface area contributed by atoms with Crippen LogP contribution >= 0.6 is 15.9 Å². The van der Waals surface area contributed by atoms with Crippen molar-refractivity contribution in [2.24, 2.45) is 5.73 Å². The molecule has 0 aromatic heterocycles. The molecule has 0 heterocycles. The molecule has 90 valence electrons. The van der Waals surface area contributed by atoms with Crippen LogP contribution in [0.15, 0.2) is 40.9 Å². The van der Waals surface area contributed by atoms with Gasteiger partial charge in [0, 0.05) is 11.0 Å². The van der Waals surface area contributed by atoms with Crippen LogP contribution in [0.1, 0.15) is 5.56 Å². The van der Waals surface area contributed by atoms with Crippen LogP contribution in [0.2, 0.25) is 0 Å². The average Bonchev–Trinajstić information content (AvgIpc) is 2.28. The van der Waals surface area contributed by atoms with Gasteiger partial charge in [0.1, 0.15) is 0 Å². The van der Waals surface area contributed by atoms with Crippen molar-refractivity contribution in [1.82, 2.24) is 0 Å². The van der Waals surface area contributed by atoms with E-state index in [4.69, 9.17) is 21.1 Å². The summed E-state index contributed by atoms with van der Waals surface area (Å²) in [5.74, 6) is 0. The summed E-state index contributed by atoms with van der Waals surface area (Å²) in [6.07, 6.45) is 0. The lowest BCUT2D eigenvalue weighted by Crippen LogP contribution is -1.96. The highest BCUT2D eigenvalue weighted by Gasteiger charge is 2.00. The van der Waals surface area contributed by atoms with E-state index in [2.05, 4.69) is 34.1 Å². The Morgan fingerprint density at radius 2 is 1.76 bits per heavy atom. The molecule has 0 saturated carbocycles. The van der Waals surface area contributed by atoms with E-state index in [-0.39, 0.29) is 0 Å². The molecule has 0 aliphatic carbocycles. The minimum absolute atomic E-state index is 0.591. The second-order valence-electron chi connectivity index (χ2n) is 3.19. The first-order valence-electron chi connectivity index (χ1n) is 4.75. The van der Waals surface area contributed by atoms with E-state index < -0.39 is 5.09 Å². The third-order valence-corrected chi connectivity index (χ3v) is 2.87. The number of halogens is 1. The van der Waals surface area contributed by atoms with Gasteiger partial charge in [-0.15, -0.1) is 10.1 Å². The predicted molar refractivity (Wildman–Crippen MR) is 68.3 cm³/mol. The van der Waals surface area contributed by atoms with Crippen LogP contribution in [-0.2, 0) is 6.54 Å². The largest absolute Gasteiger partial charge is 0.328 e. The second-order valence-corrected chi connectivity index (χ2v) is 4.05. The number of hydrogen-bond donors (Lipinski definition) is 2. The fourth-order valence-electron chi connectivity index (χ4n) is 1.51. The minimum Gasteiger partial charge on any atom is -0.328 e. The Bertz CT molecular complexity index is 527. The van der Waals surface area contributed by atoms with Gasteiger partial charge in [-0.1, -0.05) is 46.3 Å². The van der Waals surface area contributed by atoms with Gasteiger partial charge in [0.2, 0.25) is 0 Å². The Morgan fingerprint density at radius 1 is 1.24 bits per heavy atom. The summed E-state index contributed by atoms with van der Waals surface area (Å²) in [6, 6.07) is 12.4. The predicted octanol–water partition coefficient (Wildman–Crippen LogP) is 2.71. The Labute approximate surface area is 106 Å². The van der Waals surface area contributed by atoms with Gasteiger partial charge in [0.05, 0.1) is 0 Å². The monoisotopic (exact) mass is 298 g/mol. The highest BCUT2D eigenvalue weighted by molar-refractivity contribution is 9.10. The van der Waals surface area contributed by atoms with Crippen LogP contribution in [-0.4, -0.2) is 10.3 Å². The first kappa shape index (κ1) is 13.4. The van der Waals surface area contributed by atoms with E-state index in [1.54, 1.807) is 0 Å². The molecular formula is C11H11BrN2O3. The lowest BCUT2D eigenvalue weighted by atomic mass is 10.1. The molecule has 0 atom stereocenters. The minimum atomic E-state index is -1.50. The van der Waals surface area contributed by atoms with E-state index in [0.29, 0.717) is 6.54 Å². The number of nitrogens with zero attached hydrogens (tertiary/aromatic N) is 1. The van der Waals surface area contributed by atoms with Crippen molar-refractivity contribution in [1.29, 1.82) is 0 Å². The zero-order valence-electron chi connectivity index (χ0n) is 8.84. The number of benzene rings is 2. The van der Waals surface area contributed by atoms with Crippen molar-refractivity contribution >= 4 is 26.7 Å². The van der Waals surface area contributed by atoms with Gasteiger partial charge < -0.3 is 10.9 Å². The van der Waals surface area contributed by atoms with Gasteiger partial charge in [-0.3, -0.25) is 0 Å². The summed E-state index contributed by atoms with van der Waals surface area (Å²) in [5.41, 5.74) is 6.84. The molecule has 17 heavy (non-hydrogen) atoms. The van der Waals surface area contributed by atoms with E-state index in [9.17, 15) is 0 Å². The standard InChI is InChI=1S/C11H10BrN.HNO3/c12-11-6-2-4-9-8(7-13)3-1-5-10(9)11;2-1(3)4/h1-6H,7,13H2;(H,2,3,4). The Morgan fingerprint density at radius 3 is 2.35 bits per heavy atom. The maximum atomic E-state index is 8.36. The highest BCUT2D eigenvalue weighted by Crippen LogP contribution is 2.25. The van der Waals surface area contributed by atoms with E-state index in [1.165, 1.54) is 16.3 Å². The van der Waals surface area contributed by atoms with Gasteiger partial charge in [0.15, 0.2) is 0 Å². The maximum absolute atomic E-state index is 8.36. The molecule has 5 nitrogen and oxygen atoms in total. The summed E-state index contributed by atoms with van der Waals surface area (Å²) in [5, 5.41) is 16.1. The van der Waals surface area contributed by atoms with Crippen molar-refractivity contribution in [3.63, 3.8) is 0 Å². The number of hydrogen-bond acceptors (Lipinski definition) is 3. The third-order valence-electron chi connectivity index (χ3n) is 2.18. The molecule has 0 spiro atoms. The summed E-state index contributed by atoms with van der Waals surface area (Å²) < 4.78 is 1.13. The summed E-state index contributed by atoms with van der Waals surface area (Å²) in [6.45, 7) is 0.591. The molecule has 6 heteroatoms. The van der Waals surface area contributed by atoms with Crippen molar-refractivity contribution in [3.8, 4) is 0 Å². The molecule has 2 aromatic carbocycles. The quantitative estimate of drug-likeness (QED) is 0.626. The third kappa shape index (κ3) is 3.69. The van der Waals surface area contributed by atoms with Gasteiger partial charge in [-0.05, 0) is 22.4 Å².